The molecule has 144 valence electrons. The Morgan fingerprint density at radius 3 is 2.04 bits per heavy atom. The standard InChI is InChI=1S/C20H23NO5S/c1-25-18-7-3-15(4-8-18)13-21(17-11-12-27(23,24)14-17)20(22)16-5-9-19(26-2)10-6-16/h3-10,17H,11-14H2,1-2H3/t17-/m1/s1. The second-order valence-electron chi connectivity index (χ2n) is 6.57. The first-order valence-corrected chi connectivity index (χ1v) is 10.5. The maximum atomic E-state index is 13.1. The number of rotatable bonds is 6. The molecule has 1 aliphatic rings. The molecule has 0 aliphatic carbocycles. The average molecular weight is 389 g/mol. The van der Waals surface area contributed by atoms with Gasteiger partial charge in [-0.1, -0.05) is 12.1 Å². The number of carbonyl (C=O) groups excluding carboxylic acids is 1. The Labute approximate surface area is 159 Å². The fourth-order valence-electron chi connectivity index (χ4n) is 3.21. The number of ether oxygens (including phenoxy) is 2. The van der Waals surface area contributed by atoms with Crippen LogP contribution in [0.25, 0.3) is 0 Å². The number of hydrogen-bond acceptors (Lipinski definition) is 5. The molecule has 1 heterocycles. The molecule has 27 heavy (non-hydrogen) atoms. The monoisotopic (exact) mass is 389 g/mol. The molecule has 0 aromatic heterocycles. The summed E-state index contributed by atoms with van der Waals surface area (Å²) < 4.78 is 34.2. The Bertz CT molecular complexity index is 891. The van der Waals surface area contributed by atoms with E-state index in [1.54, 1.807) is 43.4 Å². The third-order valence-corrected chi connectivity index (χ3v) is 6.51. The van der Waals surface area contributed by atoms with E-state index in [1.165, 1.54) is 0 Å². The Kier molecular flexibility index (Phi) is 5.70. The lowest BCUT2D eigenvalue weighted by atomic mass is 10.1. The molecule has 3 rings (SSSR count). The molecule has 1 atom stereocenters. The van der Waals surface area contributed by atoms with Gasteiger partial charge in [0.25, 0.3) is 5.91 Å². The predicted molar refractivity (Wildman–Crippen MR) is 103 cm³/mol. The highest BCUT2D eigenvalue weighted by atomic mass is 32.2. The zero-order valence-corrected chi connectivity index (χ0v) is 16.2. The van der Waals surface area contributed by atoms with Gasteiger partial charge in [-0.3, -0.25) is 4.79 Å². The summed E-state index contributed by atoms with van der Waals surface area (Å²) in [5, 5.41) is 0. The van der Waals surface area contributed by atoms with Crippen molar-refractivity contribution in [3.05, 3.63) is 59.7 Å². The van der Waals surface area contributed by atoms with E-state index in [9.17, 15) is 13.2 Å². The first-order valence-electron chi connectivity index (χ1n) is 8.70. The normalized spacial score (nSPS) is 18.1. The number of carbonyl (C=O) groups is 1. The molecule has 1 saturated heterocycles. The minimum Gasteiger partial charge on any atom is -0.497 e. The molecule has 2 aromatic carbocycles. The Morgan fingerprint density at radius 2 is 1.56 bits per heavy atom. The number of benzene rings is 2. The first-order chi connectivity index (χ1) is 12.9. The van der Waals surface area contributed by atoms with Crippen LogP contribution in [-0.4, -0.2) is 51.0 Å². The Hall–Kier alpha value is -2.54. The second kappa shape index (κ2) is 8.00. The van der Waals surface area contributed by atoms with E-state index in [0.29, 0.717) is 24.3 Å². The molecule has 0 radical (unpaired) electrons. The fourth-order valence-corrected chi connectivity index (χ4v) is 4.95. The van der Waals surface area contributed by atoms with Crippen molar-refractivity contribution in [2.45, 2.75) is 19.0 Å². The van der Waals surface area contributed by atoms with E-state index in [4.69, 9.17) is 9.47 Å². The highest BCUT2D eigenvalue weighted by molar-refractivity contribution is 7.91. The Morgan fingerprint density at radius 1 is 1.00 bits per heavy atom. The van der Waals surface area contributed by atoms with Crippen LogP contribution in [0.1, 0.15) is 22.3 Å². The van der Waals surface area contributed by atoms with E-state index < -0.39 is 9.84 Å². The largest absolute Gasteiger partial charge is 0.497 e. The number of methoxy groups -OCH3 is 2. The summed E-state index contributed by atoms with van der Waals surface area (Å²) in [5.41, 5.74) is 1.43. The molecule has 0 spiro atoms. The van der Waals surface area contributed by atoms with Crippen molar-refractivity contribution in [3.63, 3.8) is 0 Å². The van der Waals surface area contributed by atoms with Gasteiger partial charge in [0.05, 0.1) is 25.7 Å². The summed E-state index contributed by atoms with van der Waals surface area (Å²) in [6.07, 6.45) is 0.459. The average Bonchev–Trinajstić information content (AvgIpc) is 3.05. The van der Waals surface area contributed by atoms with Crippen LogP contribution in [0, 0.1) is 0 Å². The number of nitrogens with zero attached hydrogens (tertiary/aromatic N) is 1. The van der Waals surface area contributed by atoms with Gasteiger partial charge in [0.15, 0.2) is 9.84 Å². The fraction of sp³-hybridized carbons (Fsp3) is 0.350. The van der Waals surface area contributed by atoms with Crippen LogP contribution in [0.4, 0.5) is 0 Å². The van der Waals surface area contributed by atoms with Crippen LogP contribution in [0.2, 0.25) is 0 Å². The molecule has 2 aromatic rings. The lowest BCUT2D eigenvalue weighted by molar-refractivity contribution is 0.0681. The van der Waals surface area contributed by atoms with E-state index in [0.717, 1.165) is 11.3 Å². The van der Waals surface area contributed by atoms with Crippen LogP contribution >= 0.6 is 0 Å². The molecule has 0 bridgehead atoms. The van der Waals surface area contributed by atoms with Crippen molar-refractivity contribution >= 4 is 15.7 Å². The topological polar surface area (TPSA) is 72.9 Å². The van der Waals surface area contributed by atoms with Crippen LogP contribution in [0.15, 0.2) is 48.5 Å². The molecule has 1 fully saturated rings. The summed E-state index contributed by atoms with van der Waals surface area (Å²) in [5.74, 6) is 1.33. The van der Waals surface area contributed by atoms with E-state index in [-0.39, 0.29) is 23.5 Å². The molecule has 0 N–H and O–H groups in total. The van der Waals surface area contributed by atoms with Crippen LogP contribution in [0.3, 0.4) is 0 Å². The maximum Gasteiger partial charge on any atom is 0.254 e. The molecule has 7 heteroatoms. The highest BCUT2D eigenvalue weighted by Gasteiger charge is 2.35. The van der Waals surface area contributed by atoms with Crippen molar-refractivity contribution < 1.29 is 22.7 Å². The third-order valence-electron chi connectivity index (χ3n) is 4.76. The smallest absolute Gasteiger partial charge is 0.254 e. The van der Waals surface area contributed by atoms with Crippen molar-refractivity contribution in [3.8, 4) is 11.5 Å². The van der Waals surface area contributed by atoms with Crippen molar-refractivity contribution in [2.24, 2.45) is 0 Å². The van der Waals surface area contributed by atoms with Gasteiger partial charge in [0.2, 0.25) is 0 Å². The maximum absolute atomic E-state index is 13.1. The van der Waals surface area contributed by atoms with E-state index >= 15 is 0 Å². The number of amides is 1. The minimum absolute atomic E-state index is 0.00501. The van der Waals surface area contributed by atoms with Crippen molar-refractivity contribution in [1.82, 2.24) is 4.90 Å². The van der Waals surface area contributed by atoms with Gasteiger partial charge in [0, 0.05) is 18.2 Å². The van der Waals surface area contributed by atoms with Gasteiger partial charge in [-0.05, 0) is 48.4 Å². The SMILES string of the molecule is COc1ccc(CN(C(=O)c2ccc(OC)cc2)[C@@H]2CCS(=O)(=O)C2)cc1. The van der Waals surface area contributed by atoms with E-state index in [1.807, 2.05) is 24.3 Å². The first kappa shape index (κ1) is 19.2. The molecule has 1 aliphatic heterocycles. The second-order valence-corrected chi connectivity index (χ2v) is 8.80. The summed E-state index contributed by atoms with van der Waals surface area (Å²) >= 11 is 0. The zero-order valence-electron chi connectivity index (χ0n) is 15.4. The summed E-state index contributed by atoms with van der Waals surface area (Å²) in [4.78, 5) is 14.8. The quantitative estimate of drug-likeness (QED) is 0.759. The van der Waals surface area contributed by atoms with Gasteiger partial charge >= 0.3 is 0 Å². The number of hydrogen-bond donors (Lipinski definition) is 0. The van der Waals surface area contributed by atoms with Crippen LogP contribution < -0.4 is 9.47 Å². The van der Waals surface area contributed by atoms with Crippen LogP contribution in [-0.2, 0) is 16.4 Å². The van der Waals surface area contributed by atoms with Gasteiger partial charge in [-0.25, -0.2) is 8.42 Å². The van der Waals surface area contributed by atoms with Crippen LogP contribution in [0.5, 0.6) is 11.5 Å². The molecular weight excluding hydrogens is 366 g/mol. The predicted octanol–water partition coefficient (Wildman–Crippen LogP) is 2.53. The summed E-state index contributed by atoms with van der Waals surface area (Å²) in [6, 6.07) is 14.0. The highest BCUT2D eigenvalue weighted by Crippen LogP contribution is 2.24. The lowest BCUT2D eigenvalue weighted by Gasteiger charge is -2.28. The molecular formula is C20H23NO5S. The zero-order chi connectivity index (χ0) is 19.4. The number of sulfone groups is 1. The molecule has 0 unspecified atom stereocenters. The van der Waals surface area contributed by atoms with Gasteiger partial charge < -0.3 is 14.4 Å². The molecule has 6 nitrogen and oxygen atoms in total. The third kappa shape index (κ3) is 4.60. The van der Waals surface area contributed by atoms with E-state index in [2.05, 4.69) is 0 Å². The van der Waals surface area contributed by atoms with Gasteiger partial charge in [-0.15, -0.1) is 0 Å². The van der Waals surface area contributed by atoms with Gasteiger partial charge in [-0.2, -0.15) is 0 Å². The molecule has 1 amide bonds. The lowest BCUT2D eigenvalue weighted by Crippen LogP contribution is -2.40. The Balaban J connectivity index is 1.87. The molecule has 0 saturated carbocycles. The summed E-state index contributed by atoms with van der Waals surface area (Å²) in [7, 11) is 0.0571. The minimum atomic E-state index is -3.10. The van der Waals surface area contributed by atoms with Gasteiger partial charge in [0.1, 0.15) is 11.5 Å². The van der Waals surface area contributed by atoms with Crippen molar-refractivity contribution in [2.75, 3.05) is 25.7 Å². The summed E-state index contributed by atoms with van der Waals surface area (Å²) in [6.45, 7) is 0.342. The van der Waals surface area contributed by atoms with Crippen molar-refractivity contribution in [1.29, 1.82) is 0 Å².